The number of hydrogen-bond donors (Lipinski definition) is 2. The first-order valence-corrected chi connectivity index (χ1v) is 13.3. The van der Waals surface area contributed by atoms with Crippen LogP contribution in [0.4, 0.5) is 23.9 Å². The van der Waals surface area contributed by atoms with Gasteiger partial charge in [0.25, 0.3) is 5.91 Å². The Kier molecular flexibility index (Phi) is 8.61. The molecule has 6 nitrogen and oxygen atoms in total. The molecule has 2 N–H and O–H groups in total. The number of nitrogens with one attached hydrogen (secondary N) is 2. The smallest absolute Gasteiger partial charge is 0.416 e. The van der Waals surface area contributed by atoms with E-state index in [2.05, 4.69) is 10.6 Å². The second-order valence-electron chi connectivity index (χ2n) is 8.82. The minimum atomic E-state index is -4.52. The molecule has 0 spiro atoms. The maximum atomic E-state index is 13.3. The van der Waals surface area contributed by atoms with E-state index in [4.69, 9.17) is 9.47 Å². The van der Waals surface area contributed by atoms with Gasteiger partial charge in [0.1, 0.15) is 5.00 Å². The van der Waals surface area contributed by atoms with E-state index in [-0.39, 0.29) is 18.0 Å². The Bertz CT molecular complexity index is 1320. The summed E-state index contributed by atoms with van der Waals surface area (Å²) in [5, 5.41) is 5.88. The molecule has 10 heteroatoms. The average molecular weight is 547 g/mol. The number of thiophene rings is 1. The second kappa shape index (κ2) is 11.9. The Morgan fingerprint density at radius 1 is 0.947 bits per heavy atom. The van der Waals surface area contributed by atoms with Gasteiger partial charge in [-0.15, -0.1) is 11.3 Å². The third-order valence-corrected chi connectivity index (χ3v) is 7.28. The van der Waals surface area contributed by atoms with Crippen LogP contribution < -0.4 is 20.1 Å². The van der Waals surface area contributed by atoms with Crippen LogP contribution in [0.5, 0.6) is 11.5 Å². The van der Waals surface area contributed by atoms with Crippen LogP contribution in [0.1, 0.15) is 58.6 Å². The summed E-state index contributed by atoms with van der Waals surface area (Å²) < 4.78 is 50.7. The van der Waals surface area contributed by atoms with Crippen LogP contribution in [0.15, 0.2) is 42.5 Å². The number of fused-ring (bicyclic) bond motifs is 1. The monoisotopic (exact) mass is 546 g/mol. The standard InChI is InChI=1S/C28H29F3N2O4S/c1-3-36-21-13-12-17(14-22(21)37-4-2)15-24(34)33-27-25(20-10-5-6-11-23(20)38-27)26(35)32-19-9-7-8-18(16-19)28(29,30)31/h7-9,12-14,16H,3-6,10-11,15H2,1-2H3,(H,32,35)(H,33,34). The van der Waals surface area contributed by atoms with Gasteiger partial charge in [0.05, 0.1) is 30.8 Å². The third kappa shape index (κ3) is 6.48. The van der Waals surface area contributed by atoms with E-state index in [1.54, 1.807) is 18.2 Å². The molecule has 1 heterocycles. The molecule has 1 aromatic heterocycles. The van der Waals surface area contributed by atoms with Crippen LogP contribution >= 0.6 is 11.3 Å². The lowest BCUT2D eigenvalue weighted by atomic mass is 9.95. The van der Waals surface area contributed by atoms with E-state index >= 15 is 0 Å². The topological polar surface area (TPSA) is 76.7 Å². The highest BCUT2D eigenvalue weighted by Gasteiger charge is 2.31. The number of amides is 2. The molecule has 1 aliphatic rings. The normalized spacial score (nSPS) is 13.0. The van der Waals surface area contributed by atoms with Crippen molar-refractivity contribution < 1.29 is 32.2 Å². The second-order valence-corrected chi connectivity index (χ2v) is 9.92. The summed E-state index contributed by atoms with van der Waals surface area (Å²) in [4.78, 5) is 27.4. The Hall–Kier alpha value is -3.53. The van der Waals surface area contributed by atoms with Crippen molar-refractivity contribution in [2.24, 2.45) is 0 Å². The number of alkyl halides is 3. The molecule has 0 aliphatic heterocycles. The molecule has 2 amide bonds. The first-order chi connectivity index (χ1) is 18.2. The highest BCUT2D eigenvalue weighted by Crippen LogP contribution is 2.39. The van der Waals surface area contributed by atoms with E-state index in [0.29, 0.717) is 47.3 Å². The highest BCUT2D eigenvalue weighted by molar-refractivity contribution is 7.17. The largest absolute Gasteiger partial charge is 0.490 e. The predicted octanol–water partition coefficient (Wildman–Crippen LogP) is 6.88. The molecule has 0 bridgehead atoms. The van der Waals surface area contributed by atoms with Crippen molar-refractivity contribution >= 4 is 33.8 Å². The fourth-order valence-corrected chi connectivity index (χ4v) is 5.73. The first kappa shape index (κ1) is 27.5. The lowest BCUT2D eigenvalue weighted by Crippen LogP contribution is -2.20. The third-order valence-electron chi connectivity index (χ3n) is 6.07. The Morgan fingerprint density at radius 3 is 2.42 bits per heavy atom. The van der Waals surface area contributed by atoms with Gasteiger partial charge in [-0.05, 0) is 81.0 Å². The van der Waals surface area contributed by atoms with Gasteiger partial charge in [0, 0.05) is 10.6 Å². The van der Waals surface area contributed by atoms with Crippen LogP contribution in [0.3, 0.4) is 0 Å². The number of carbonyl (C=O) groups is 2. The zero-order valence-electron chi connectivity index (χ0n) is 21.2. The molecule has 0 saturated carbocycles. The van der Waals surface area contributed by atoms with Crippen LogP contribution in [0.2, 0.25) is 0 Å². The molecule has 0 saturated heterocycles. The summed E-state index contributed by atoms with van der Waals surface area (Å²) in [5.74, 6) is 0.285. The number of halogens is 3. The van der Waals surface area contributed by atoms with Gasteiger partial charge in [0.15, 0.2) is 11.5 Å². The van der Waals surface area contributed by atoms with Crippen LogP contribution in [-0.4, -0.2) is 25.0 Å². The van der Waals surface area contributed by atoms with E-state index in [1.807, 2.05) is 13.8 Å². The molecule has 4 rings (SSSR count). The molecule has 0 unspecified atom stereocenters. The Labute approximate surface area is 223 Å². The number of hydrogen-bond acceptors (Lipinski definition) is 5. The number of benzene rings is 2. The number of rotatable bonds is 9. The van der Waals surface area contributed by atoms with Gasteiger partial charge in [-0.3, -0.25) is 9.59 Å². The fourth-order valence-electron chi connectivity index (χ4n) is 4.42. The van der Waals surface area contributed by atoms with Crippen molar-refractivity contribution in [2.45, 2.75) is 52.1 Å². The van der Waals surface area contributed by atoms with Gasteiger partial charge < -0.3 is 20.1 Å². The molecular formula is C28H29F3N2O4S. The van der Waals surface area contributed by atoms with Crippen molar-refractivity contribution in [2.75, 3.05) is 23.8 Å². The SMILES string of the molecule is CCOc1ccc(CC(=O)Nc2sc3c(c2C(=O)Nc2cccc(C(F)(F)F)c2)CCCC3)cc1OCC. The van der Waals surface area contributed by atoms with Crippen molar-refractivity contribution in [1.29, 1.82) is 0 Å². The number of anilines is 2. The van der Waals surface area contributed by atoms with Crippen molar-refractivity contribution in [3.05, 3.63) is 69.6 Å². The fraction of sp³-hybridized carbons (Fsp3) is 0.357. The quantitative estimate of drug-likeness (QED) is 0.307. The average Bonchev–Trinajstić information content (AvgIpc) is 3.23. The Balaban J connectivity index is 1.56. The summed E-state index contributed by atoms with van der Waals surface area (Å²) in [6.07, 6.45) is -1.15. The minimum Gasteiger partial charge on any atom is -0.490 e. The van der Waals surface area contributed by atoms with Crippen molar-refractivity contribution in [1.82, 2.24) is 0 Å². The van der Waals surface area contributed by atoms with Crippen molar-refractivity contribution in [3.8, 4) is 11.5 Å². The number of aryl methyl sites for hydroxylation is 1. The molecule has 3 aromatic rings. The maximum absolute atomic E-state index is 13.3. The summed E-state index contributed by atoms with van der Waals surface area (Å²) in [7, 11) is 0. The molecule has 2 aromatic carbocycles. The first-order valence-electron chi connectivity index (χ1n) is 12.5. The zero-order valence-corrected chi connectivity index (χ0v) is 22.0. The van der Waals surface area contributed by atoms with Gasteiger partial charge in [-0.25, -0.2) is 0 Å². The molecule has 0 fully saturated rings. The summed E-state index contributed by atoms with van der Waals surface area (Å²) >= 11 is 1.35. The molecule has 202 valence electrons. The van der Waals surface area contributed by atoms with E-state index < -0.39 is 17.6 Å². The molecular weight excluding hydrogens is 517 g/mol. The molecule has 0 radical (unpaired) electrons. The molecule has 38 heavy (non-hydrogen) atoms. The predicted molar refractivity (Wildman–Crippen MR) is 141 cm³/mol. The zero-order chi connectivity index (χ0) is 27.3. The van der Waals surface area contributed by atoms with E-state index in [0.717, 1.165) is 41.8 Å². The van der Waals surface area contributed by atoms with Crippen LogP contribution in [-0.2, 0) is 30.2 Å². The number of carbonyl (C=O) groups excluding carboxylic acids is 2. The summed E-state index contributed by atoms with van der Waals surface area (Å²) in [5.41, 5.74) is 1.07. The molecule has 0 atom stereocenters. The maximum Gasteiger partial charge on any atom is 0.416 e. The van der Waals surface area contributed by atoms with Crippen LogP contribution in [0.25, 0.3) is 0 Å². The van der Waals surface area contributed by atoms with Crippen LogP contribution in [0, 0.1) is 0 Å². The van der Waals surface area contributed by atoms with Gasteiger partial charge in [-0.1, -0.05) is 12.1 Å². The lowest BCUT2D eigenvalue weighted by Gasteiger charge is -2.14. The van der Waals surface area contributed by atoms with Gasteiger partial charge >= 0.3 is 6.18 Å². The Morgan fingerprint density at radius 2 is 1.68 bits per heavy atom. The number of ether oxygens (including phenoxy) is 2. The summed E-state index contributed by atoms with van der Waals surface area (Å²) in [6.45, 7) is 4.66. The highest BCUT2D eigenvalue weighted by atomic mass is 32.1. The van der Waals surface area contributed by atoms with Crippen molar-refractivity contribution in [3.63, 3.8) is 0 Å². The molecule has 1 aliphatic carbocycles. The lowest BCUT2D eigenvalue weighted by molar-refractivity contribution is -0.137. The van der Waals surface area contributed by atoms with Gasteiger partial charge in [0.2, 0.25) is 5.91 Å². The van der Waals surface area contributed by atoms with E-state index in [1.165, 1.54) is 23.5 Å². The van der Waals surface area contributed by atoms with Gasteiger partial charge in [-0.2, -0.15) is 13.2 Å². The summed E-state index contributed by atoms with van der Waals surface area (Å²) in [6, 6.07) is 9.81. The minimum absolute atomic E-state index is 0.0377. The van der Waals surface area contributed by atoms with E-state index in [9.17, 15) is 22.8 Å².